The van der Waals surface area contributed by atoms with E-state index in [1.807, 2.05) is 24.3 Å². The van der Waals surface area contributed by atoms with Gasteiger partial charge in [0.25, 0.3) is 0 Å². The van der Waals surface area contributed by atoms with E-state index < -0.39 is 0 Å². The Morgan fingerprint density at radius 2 is 2.20 bits per heavy atom. The molecule has 136 valence electrons. The van der Waals surface area contributed by atoms with E-state index in [4.69, 9.17) is 4.74 Å². The van der Waals surface area contributed by atoms with Crippen LogP contribution in [0.1, 0.15) is 51.0 Å². The van der Waals surface area contributed by atoms with Crippen LogP contribution in [0.3, 0.4) is 0 Å². The maximum absolute atomic E-state index is 12.3. The van der Waals surface area contributed by atoms with E-state index in [1.165, 1.54) is 12.8 Å². The molecule has 1 aromatic rings. The quantitative estimate of drug-likeness (QED) is 0.862. The lowest BCUT2D eigenvalue weighted by atomic mass is 9.89. The molecular weight excluding hydrogens is 316 g/mol. The topological polar surface area (TPSA) is 67.4 Å². The maximum Gasteiger partial charge on any atom is 0.229 e. The van der Waals surface area contributed by atoms with Crippen molar-refractivity contribution in [3.8, 4) is 0 Å². The van der Waals surface area contributed by atoms with Crippen LogP contribution in [0.25, 0.3) is 0 Å². The highest BCUT2D eigenvalue weighted by molar-refractivity contribution is 5.94. The first kappa shape index (κ1) is 17.9. The molecule has 1 aromatic carbocycles. The van der Waals surface area contributed by atoms with Crippen LogP contribution in [0.4, 0.5) is 5.69 Å². The third-order valence-electron chi connectivity index (χ3n) is 5.20. The highest BCUT2D eigenvalue weighted by atomic mass is 16.5. The number of piperidine rings is 1. The molecule has 1 saturated carbocycles. The lowest BCUT2D eigenvalue weighted by Gasteiger charge is -2.26. The normalized spacial score (nSPS) is 26.8. The molecule has 2 amide bonds. The highest BCUT2D eigenvalue weighted by Crippen LogP contribution is 2.26. The second-order valence-corrected chi connectivity index (χ2v) is 7.43. The molecular formula is C20H28N2O3. The van der Waals surface area contributed by atoms with Crippen molar-refractivity contribution in [1.29, 1.82) is 0 Å². The Bertz CT molecular complexity index is 607. The van der Waals surface area contributed by atoms with Gasteiger partial charge in [0.2, 0.25) is 11.8 Å². The van der Waals surface area contributed by atoms with Crippen molar-refractivity contribution in [1.82, 2.24) is 5.32 Å². The molecule has 5 heteroatoms. The van der Waals surface area contributed by atoms with Gasteiger partial charge in [0, 0.05) is 18.7 Å². The number of hydrogen-bond donors (Lipinski definition) is 2. The summed E-state index contributed by atoms with van der Waals surface area (Å²) >= 11 is 0. The molecule has 2 fully saturated rings. The Morgan fingerprint density at radius 3 is 2.96 bits per heavy atom. The molecule has 1 aliphatic carbocycles. The summed E-state index contributed by atoms with van der Waals surface area (Å²) in [5.41, 5.74) is 1.87. The van der Waals surface area contributed by atoms with Gasteiger partial charge in [-0.2, -0.15) is 0 Å². The average molecular weight is 344 g/mol. The Labute approximate surface area is 149 Å². The fourth-order valence-corrected chi connectivity index (χ4v) is 3.68. The van der Waals surface area contributed by atoms with Crippen LogP contribution in [-0.4, -0.2) is 24.5 Å². The van der Waals surface area contributed by atoms with Crippen LogP contribution in [0.15, 0.2) is 24.3 Å². The van der Waals surface area contributed by atoms with Crippen molar-refractivity contribution in [3.05, 3.63) is 29.8 Å². The van der Waals surface area contributed by atoms with Gasteiger partial charge < -0.3 is 15.4 Å². The van der Waals surface area contributed by atoms with Crippen molar-refractivity contribution in [2.24, 2.45) is 11.8 Å². The first-order valence-corrected chi connectivity index (χ1v) is 9.38. The minimum Gasteiger partial charge on any atom is -0.374 e. The first-order chi connectivity index (χ1) is 12.1. The zero-order chi connectivity index (χ0) is 17.6. The van der Waals surface area contributed by atoms with Crippen molar-refractivity contribution in [2.45, 2.75) is 58.2 Å². The van der Waals surface area contributed by atoms with Crippen LogP contribution in [0.2, 0.25) is 0 Å². The van der Waals surface area contributed by atoms with Gasteiger partial charge >= 0.3 is 0 Å². The number of rotatable bonds is 5. The third-order valence-corrected chi connectivity index (χ3v) is 5.20. The Kier molecular flexibility index (Phi) is 6.08. The summed E-state index contributed by atoms with van der Waals surface area (Å²) in [7, 11) is 0. The summed E-state index contributed by atoms with van der Waals surface area (Å²) in [5.74, 6) is 0.598. The Hall–Kier alpha value is -1.88. The number of carbonyl (C=O) groups is 2. The summed E-state index contributed by atoms with van der Waals surface area (Å²) < 4.78 is 6.07. The number of nitrogens with one attached hydrogen (secondary N) is 2. The molecule has 0 spiro atoms. The van der Waals surface area contributed by atoms with Crippen LogP contribution < -0.4 is 10.6 Å². The second-order valence-electron chi connectivity index (χ2n) is 7.43. The van der Waals surface area contributed by atoms with Crippen molar-refractivity contribution in [3.63, 3.8) is 0 Å². The standard InChI is InChI=1S/C20H28N2O3/c1-14-4-2-7-18(10-14)25-13-15-5-3-6-17(11-15)22-20(24)16-8-9-19(23)21-12-16/h3,5-6,11,14,16,18H,2,4,7-10,12-13H2,1H3,(H,21,23)(H,22,24). The fraction of sp³-hybridized carbons (Fsp3) is 0.600. The lowest BCUT2D eigenvalue weighted by Crippen LogP contribution is -2.40. The molecule has 0 radical (unpaired) electrons. The first-order valence-electron chi connectivity index (χ1n) is 9.38. The minimum absolute atomic E-state index is 0.0280. The van der Waals surface area contributed by atoms with Gasteiger partial charge in [0.15, 0.2) is 0 Å². The lowest BCUT2D eigenvalue weighted by molar-refractivity contribution is -0.126. The summed E-state index contributed by atoms with van der Waals surface area (Å²) in [6, 6.07) is 7.85. The molecule has 1 aliphatic heterocycles. The monoisotopic (exact) mass is 344 g/mol. The number of hydrogen-bond acceptors (Lipinski definition) is 3. The summed E-state index contributed by atoms with van der Waals surface area (Å²) in [4.78, 5) is 23.5. The Balaban J connectivity index is 1.50. The molecule has 1 saturated heterocycles. The smallest absolute Gasteiger partial charge is 0.229 e. The predicted molar refractivity (Wildman–Crippen MR) is 97.0 cm³/mol. The predicted octanol–water partition coefficient (Wildman–Crippen LogP) is 3.25. The van der Waals surface area contributed by atoms with E-state index in [2.05, 4.69) is 17.6 Å². The SMILES string of the molecule is CC1CCCC(OCc2cccc(NC(=O)C3CCC(=O)NC3)c2)C1. The molecule has 3 unspecified atom stereocenters. The van der Waals surface area contributed by atoms with Crippen LogP contribution in [0.5, 0.6) is 0 Å². The molecule has 2 aliphatic rings. The van der Waals surface area contributed by atoms with E-state index in [9.17, 15) is 9.59 Å². The number of ether oxygens (including phenoxy) is 1. The molecule has 0 bridgehead atoms. The van der Waals surface area contributed by atoms with Gasteiger partial charge in [0.1, 0.15) is 0 Å². The number of amides is 2. The molecule has 3 atom stereocenters. The van der Waals surface area contributed by atoms with Crippen LogP contribution in [0, 0.1) is 11.8 Å². The fourth-order valence-electron chi connectivity index (χ4n) is 3.68. The Morgan fingerprint density at radius 1 is 1.32 bits per heavy atom. The van der Waals surface area contributed by atoms with Crippen molar-refractivity contribution >= 4 is 17.5 Å². The maximum atomic E-state index is 12.3. The summed E-state index contributed by atoms with van der Waals surface area (Å²) in [6.45, 7) is 3.30. The zero-order valence-electron chi connectivity index (χ0n) is 14.9. The average Bonchev–Trinajstić information content (AvgIpc) is 2.61. The van der Waals surface area contributed by atoms with E-state index >= 15 is 0 Å². The van der Waals surface area contributed by atoms with Gasteiger partial charge in [-0.1, -0.05) is 31.9 Å². The number of carbonyl (C=O) groups excluding carboxylic acids is 2. The minimum atomic E-state index is -0.152. The molecule has 2 N–H and O–H groups in total. The second kappa shape index (κ2) is 8.48. The van der Waals surface area contributed by atoms with Gasteiger partial charge in [-0.15, -0.1) is 0 Å². The molecule has 25 heavy (non-hydrogen) atoms. The molecule has 3 rings (SSSR count). The van der Waals surface area contributed by atoms with Gasteiger partial charge in [-0.3, -0.25) is 9.59 Å². The summed E-state index contributed by atoms with van der Waals surface area (Å²) in [5, 5.41) is 5.72. The highest BCUT2D eigenvalue weighted by Gasteiger charge is 2.24. The zero-order valence-corrected chi connectivity index (χ0v) is 14.9. The van der Waals surface area contributed by atoms with E-state index in [0.29, 0.717) is 32.1 Å². The number of anilines is 1. The summed E-state index contributed by atoms with van der Waals surface area (Å²) in [6.07, 6.45) is 6.24. The molecule has 0 aromatic heterocycles. The largest absolute Gasteiger partial charge is 0.374 e. The molecule has 1 heterocycles. The van der Waals surface area contributed by atoms with E-state index in [0.717, 1.165) is 30.0 Å². The molecule has 5 nitrogen and oxygen atoms in total. The van der Waals surface area contributed by atoms with Gasteiger partial charge in [-0.05, 0) is 42.9 Å². The third kappa shape index (κ3) is 5.30. The van der Waals surface area contributed by atoms with Crippen LogP contribution in [-0.2, 0) is 20.9 Å². The van der Waals surface area contributed by atoms with Gasteiger partial charge in [0.05, 0.1) is 18.6 Å². The van der Waals surface area contributed by atoms with E-state index in [1.54, 1.807) is 0 Å². The van der Waals surface area contributed by atoms with Crippen LogP contribution >= 0.6 is 0 Å². The van der Waals surface area contributed by atoms with Crippen molar-refractivity contribution in [2.75, 3.05) is 11.9 Å². The van der Waals surface area contributed by atoms with Gasteiger partial charge in [-0.25, -0.2) is 0 Å². The number of benzene rings is 1. The van der Waals surface area contributed by atoms with E-state index in [-0.39, 0.29) is 17.7 Å². The van der Waals surface area contributed by atoms with Crippen molar-refractivity contribution < 1.29 is 14.3 Å².